The first-order valence-electron chi connectivity index (χ1n) is 5.00. The second-order valence-electron chi connectivity index (χ2n) is 3.83. The molecule has 1 heterocycles. The van der Waals surface area contributed by atoms with Crippen molar-refractivity contribution in [2.24, 2.45) is 0 Å². The number of anilines is 1. The summed E-state index contributed by atoms with van der Waals surface area (Å²) in [5.74, 6) is 1.58. The van der Waals surface area contributed by atoms with Gasteiger partial charge in [0.25, 0.3) is 0 Å². The summed E-state index contributed by atoms with van der Waals surface area (Å²) in [6, 6.07) is 9.90. The number of hydrogen-bond acceptors (Lipinski definition) is 3. The summed E-state index contributed by atoms with van der Waals surface area (Å²) >= 11 is 0. The van der Waals surface area contributed by atoms with Crippen LogP contribution in [0.4, 0.5) is 5.82 Å². The van der Waals surface area contributed by atoms with Gasteiger partial charge in [-0.15, -0.1) is 0 Å². The predicted octanol–water partition coefficient (Wildman–Crippen LogP) is 3.05. The van der Waals surface area contributed by atoms with Crippen LogP contribution in [0.15, 0.2) is 34.9 Å². The summed E-state index contributed by atoms with van der Waals surface area (Å²) in [6.45, 7) is 4.16. The molecule has 0 aliphatic heterocycles. The largest absolute Gasteiger partial charge is 0.381 e. The average molecular weight is 202 g/mol. The fraction of sp³-hybridized carbons (Fsp3) is 0.250. The molecular formula is C12H14N2O. The van der Waals surface area contributed by atoms with E-state index in [4.69, 9.17) is 10.3 Å². The molecule has 0 fully saturated rings. The highest BCUT2D eigenvalue weighted by Gasteiger charge is 2.17. The molecule has 3 nitrogen and oxygen atoms in total. The van der Waals surface area contributed by atoms with Crippen LogP contribution in [0.3, 0.4) is 0 Å². The van der Waals surface area contributed by atoms with Gasteiger partial charge in [0, 0.05) is 11.1 Å². The van der Waals surface area contributed by atoms with Crippen LogP contribution in [0.2, 0.25) is 0 Å². The van der Waals surface area contributed by atoms with Crippen molar-refractivity contribution in [1.29, 1.82) is 0 Å². The number of nitrogens with two attached hydrogens (primary N) is 1. The van der Waals surface area contributed by atoms with Crippen molar-refractivity contribution in [3.05, 3.63) is 35.9 Å². The minimum absolute atomic E-state index is 0.312. The molecule has 0 radical (unpaired) electrons. The van der Waals surface area contributed by atoms with E-state index < -0.39 is 0 Å². The Hall–Kier alpha value is -1.77. The van der Waals surface area contributed by atoms with Gasteiger partial charge in [0.1, 0.15) is 0 Å². The molecule has 0 bridgehead atoms. The van der Waals surface area contributed by atoms with Crippen LogP contribution < -0.4 is 5.73 Å². The monoisotopic (exact) mass is 202 g/mol. The van der Waals surface area contributed by atoms with Crippen molar-refractivity contribution in [3.8, 4) is 11.3 Å². The van der Waals surface area contributed by atoms with Gasteiger partial charge in [-0.25, -0.2) is 0 Å². The minimum Gasteiger partial charge on any atom is -0.381 e. The van der Waals surface area contributed by atoms with Gasteiger partial charge in [-0.3, -0.25) is 0 Å². The van der Waals surface area contributed by atoms with Crippen molar-refractivity contribution in [2.75, 3.05) is 5.73 Å². The zero-order valence-electron chi connectivity index (χ0n) is 8.90. The van der Waals surface area contributed by atoms with Gasteiger partial charge in [-0.05, 0) is 5.92 Å². The van der Waals surface area contributed by atoms with Crippen LogP contribution in [-0.4, -0.2) is 5.16 Å². The SMILES string of the molecule is CC(C)c1c(N)noc1-c1ccccc1. The van der Waals surface area contributed by atoms with Gasteiger partial charge < -0.3 is 10.3 Å². The zero-order chi connectivity index (χ0) is 10.8. The Morgan fingerprint density at radius 3 is 2.47 bits per heavy atom. The van der Waals surface area contributed by atoms with Gasteiger partial charge in [-0.2, -0.15) is 0 Å². The van der Waals surface area contributed by atoms with Crippen LogP contribution in [0, 0.1) is 0 Å². The van der Waals surface area contributed by atoms with Gasteiger partial charge >= 0.3 is 0 Å². The smallest absolute Gasteiger partial charge is 0.172 e. The first-order chi connectivity index (χ1) is 7.20. The molecule has 2 N–H and O–H groups in total. The predicted molar refractivity (Wildman–Crippen MR) is 60.4 cm³/mol. The molecule has 0 saturated heterocycles. The third-order valence-corrected chi connectivity index (χ3v) is 2.37. The summed E-state index contributed by atoms with van der Waals surface area (Å²) in [6.07, 6.45) is 0. The second kappa shape index (κ2) is 3.77. The lowest BCUT2D eigenvalue weighted by molar-refractivity contribution is 0.434. The van der Waals surface area contributed by atoms with Crippen molar-refractivity contribution in [1.82, 2.24) is 5.16 Å². The molecule has 0 atom stereocenters. The standard InChI is InChI=1S/C12H14N2O/c1-8(2)10-11(15-14-12(10)13)9-6-4-3-5-7-9/h3-8H,1-2H3,(H2,13,14). The van der Waals surface area contributed by atoms with E-state index in [1.165, 1.54) is 0 Å². The normalized spacial score (nSPS) is 10.9. The molecule has 1 aromatic heterocycles. The molecule has 2 aromatic rings. The van der Waals surface area contributed by atoms with Crippen molar-refractivity contribution >= 4 is 5.82 Å². The molecular weight excluding hydrogens is 188 g/mol. The Labute approximate surface area is 88.9 Å². The highest BCUT2D eigenvalue weighted by atomic mass is 16.5. The van der Waals surface area contributed by atoms with E-state index >= 15 is 0 Å². The fourth-order valence-corrected chi connectivity index (χ4v) is 1.67. The molecule has 0 unspecified atom stereocenters. The van der Waals surface area contributed by atoms with E-state index in [1.807, 2.05) is 30.3 Å². The highest BCUT2D eigenvalue weighted by Crippen LogP contribution is 2.32. The summed E-state index contributed by atoms with van der Waals surface area (Å²) in [5, 5.41) is 3.82. The van der Waals surface area contributed by atoms with Crippen LogP contribution in [0.25, 0.3) is 11.3 Å². The lowest BCUT2D eigenvalue weighted by Crippen LogP contribution is -1.94. The Bertz CT molecular complexity index is 446. The zero-order valence-corrected chi connectivity index (χ0v) is 8.90. The van der Waals surface area contributed by atoms with E-state index in [0.29, 0.717) is 11.7 Å². The van der Waals surface area contributed by atoms with Crippen LogP contribution in [0.1, 0.15) is 25.3 Å². The molecule has 1 aromatic carbocycles. The highest BCUT2D eigenvalue weighted by molar-refractivity contribution is 5.66. The summed E-state index contributed by atoms with van der Waals surface area (Å²) in [5.41, 5.74) is 7.78. The van der Waals surface area contributed by atoms with Gasteiger partial charge in [0.05, 0.1) is 0 Å². The third-order valence-electron chi connectivity index (χ3n) is 2.37. The lowest BCUT2D eigenvalue weighted by Gasteiger charge is -2.04. The molecule has 0 saturated carbocycles. The molecule has 0 aliphatic rings. The quantitative estimate of drug-likeness (QED) is 0.814. The molecule has 78 valence electrons. The van der Waals surface area contributed by atoms with Crippen molar-refractivity contribution in [2.45, 2.75) is 19.8 Å². The maximum Gasteiger partial charge on any atom is 0.172 e. The van der Waals surface area contributed by atoms with Crippen molar-refractivity contribution in [3.63, 3.8) is 0 Å². The lowest BCUT2D eigenvalue weighted by atomic mass is 9.99. The topological polar surface area (TPSA) is 52.0 Å². The molecule has 2 rings (SSSR count). The van der Waals surface area contributed by atoms with E-state index in [-0.39, 0.29) is 0 Å². The molecule has 0 aliphatic carbocycles. The maximum absolute atomic E-state index is 5.77. The maximum atomic E-state index is 5.77. The molecule has 3 heteroatoms. The van der Waals surface area contributed by atoms with Crippen molar-refractivity contribution < 1.29 is 4.52 Å². The van der Waals surface area contributed by atoms with Gasteiger partial charge in [0.15, 0.2) is 11.6 Å². The average Bonchev–Trinajstić information content (AvgIpc) is 2.61. The molecule has 0 amide bonds. The minimum atomic E-state index is 0.312. The Morgan fingerprint density at radius 1 is 1.20 bits per heavy atom. The first kappa shape index (κ1) is 9.77. The summed E-state index contributed by atoms with van der Waals surface area (Å²) < 4.78 is 5.27. The van der Waals surface area contributed by atoms with E-state index in [9.17, 15) is 0 Å². The van der Waals surface area contributed by atoms with Crippen LogP contribution >= 0.6 is 0 Å². The third kappa shape index (κ3) is 1.73. The summed E-state index contributed by atoms with van der Waals surface area (Å²) in [7, 11) is 0. The first-order valence-corrected chi connectivity index (χ1v) is 5.00. The number of benzene rings is 1. The van der Waals surface area contributed by atoms with E-state index in [1.54, 1.807) is 0 Å². The van der Waals surface area contributed by atoms with E-state index in [0.717, 1.165) is 16.9 Å². The van der Waals surface area contributed by atoms with Gasteiger partial charge in [0.2, 0.25) is 0 Å². The Kier molecular flexibility index (Phi) is 2.46. The Morgan fingerprint density at radius 2 is 1.87 bits per heavy atom. The van der Waals surface area contributed by atoms with Crippen LogP contribution in [0.5, 0.6) is 0 Å². The number of nitrogen functional groups attached to an aromatic ring is 1. The number of rotatable bonds is 2. The van der Waals surface area contributed by atoms with E-state index in [2.05, 4.69) is 19.0 Å². The number of aromatic nitrogens is 1. The summed E-state index contributed by atoms with van der Waals surface area (Å²) in [4.78, 5) is 0. The van der Waals surface area contributed by atoms with Crippen LogP contribution in [-0.2, 0) is 0 Å². The van der Waals surface area contributed by atoms with Gasteiger partial charge in [-0.1, -0.05) is 49.3 Å². The fourth-order valence-electron chi connectivity index (χ4n) is 1.67. The molecule has 0 spiro atoms. The Balaban J connectivity index is 2.54. The number of nitrogens with zero attached hydrogens (tertiary/aromatic N) is 1. The second-order valence-corrected chi connectivity index (χ2v) is 3.83. The molecule has 15 heavy (non-hydrogen) atoms. The number of hydrogen-bond donors (Lipinski definition) is 1.